The molecule has 4 heterocycles. The predicted octanol–water partition coefficient (Wildman–Crippen LogP) is 2.43. The molecule has 3 aromatic heterocycles. The topological polar surface area (TPSA) is 201 Å². The van der Waals surface area contributed by atoms with Crippen LogP contribution in [-0.2, 0) is 19.8 Å². The van der Waals surface area contributed by atoms with Gasteiger partial charge in [0.15, 0.2) is 28.5 Å². The van der Waals surface area contributed by atoms with Gasteiger partial charge in [0, 0.05) is 6.42 Å². The molecule has 39 heavy (non-hydrogen) atoms. The van der Waals surface area contributed by atoms with E-state index in [1.807, 2.05) is 0 Å². The maximum atomic E-state index is 14.4. The van der Waals surface area contributed by atoms with Crippen molar-refractivity contribution in [2.45, 2.75) is 70.2 Å². The number of aliphatic hydroxyl groups is 1. The summed E-state index contributed by atoms with van der Waals surface area (Å²) < 4.78 is 41.7. The average molecular weight is 549 g/mol. The quantitative estimate of drug-likeness (QED) is 0.238. The number of carbonyl (C=O) groups is 2. The Bertz CT molecular complexity index is 1550. The lowest BCUT2D eigenvalue weighted by atomic mass is 9.78. The zero-order valence-corrected chi connectivity index (χ0v) is 21.3. The highest BCUT2D eigenvalue weighted by molar-refractivity contribution is 5.93. The molecule has 1 fully saturated rings. The third-order valence-corrected chi connectivity index (χ3v) is 5.93. The number of anilines is 1. The minimum absolute atomic E-state index is 0.0558. The van der Waals surface area contributed by atoms with Crippen molar-refractivity contribution in [3.05, 3.63) is 34.5 Å². The van der Waals surface area contributed by atoms with Crippen molar-refractivity contribution in [1.82, 2.24) is 19.5 Å². The normalized spacial score (nSPS) is 22.7. The number of nitrogens with one attached hydrogen (secondary N) is 1. The summed E-state index contributed by atoms with van der Waals surface area (Å²) in [6.45, 7) is 7.35. The summed E-state index contributed by atoms with van der Waals surface area (Å²) >= 11 is 0. The van der Waals surface area contributed by atoms with Crippen LogP contribution in [0.5, 0.6) is 0 Å². The highest BCUT2D eigenvalue weighted by atomic mass is 19.1. The van der Waals surface area contributed by atoms with Crippen LogP contribution in [0.2, 0.25) is 0 Å². The molecule has 0 saturated carbocycles. The van der Waals surface area contributed by atoms with Crippen LogP contribution < -0.4 is 11.1 Å². The van der Waals surface area contributed by atoms with Gasteiger partial charge in [-0.25, -0.2) is 19.4 Å². The molecule has 3 aromatic rings. The maximum absolute atomic E-state index is 14.4. The molecule has 4 rings (SSSR count). The molecule has 0 aliphatic carbocycles. The second-order valence-corrected chi connectivity index (χ2v) is 9.74. The van der Waals surface area contributed by atoms with Crippen LogP contribution in [0.4, 0.5) is 19.8 Å². The summed E-state index contributed by atoms with van der Waals surface area (Å²) in [5, 5.41) is 22.9. The molecule has 1 saturated heterocycles. The van der Waals surface area contributed by atoms with Gasteiger partial charge < -0.3 is 33.3 Å². The molecule has 0 bridgehead atoms. The van der Waals surface area contributed by atoms with Crippen LogP contribution in [0.25, 0.3) is 11.2 Å². The molecule has 15 nitrogen and oxygen atoms in total. The van der Waals surface area contributed by atoms with Gasteiger partial charge in [0.2, 0.25) is 11.2 Å². The number of carboxylic acid groups (broad SMARTS) is 1. The van der Waals surface area contributed by atoms with Crippen molar-refractivity contribution in [3.63, 3.8) is 0 Å². The monoisotopic (exact) mass is 549 g/mol. The van der Waals surface area contributed by atoms with E-state index in [4.69, 9.17) is 29.5 Å². The van der Waals surface area contributed by atoms with Crippen LogP contribution in [0.3, 0.4) is 0 Å². The lowest BCUT2D eigenvalue weighted by Crippen LogP contribution is -2.57. The average Bonchev–Trinajstić information content (AvgIpc) is 3.46. The SMILES string of the molecule is C#C[C@@]1(C(C)(OC(=O)O)c2oc(=O)oc2C)O[C@@H](n2cnc3c(NC(=O)OC(C)(C)C)nc(F)nc32)C[C@@H]1O. The Morgan fingerprint density at radius 3 is 2.54 bits per heavy atom. The van der Waals surface area contributed by atoms with E-state index < -0.39 is 59.0 Å². The fourth-order valence-corrected chi connectivity index (χ4v) is 4.40. The molecule has 1 aliphatic rings. The van der Waals surface area contributed by atoms with Crippen molar-refractivity contribution in [1.29, 1.82) is 0 Å². The van der Waals surface area contributed by atoms with Gasteiger partial charge in [-0.05, 0) is 34.6 Å². The van der Waals surface area contributed by atoms with Crippen molar-refractivity contribution in [2.24, 2.45) is 0 Å². The number of aliphatic hydroxyl groups excluding tert-OH is 1. The first-order valence-electron chi connectivity index (χ1n) is 11.4. The van der Waals surface area contributed by atoms with Gasteiger partial charge in [0.05, 0.1) is 6.33 Å². The number of halogens is 1. The van der Waals surface area contributed by atoms with E-state index in [0.29, 0.717) is 0 Å². The molecular weight excluding hydrogens is 525 g/mol. The van der Waals surface area contributed by atoms with Crippen molar-refractivity contribution in [3.8, 4) is 12.3 Å². The highest BCUT2D eigenvalue weighted by Crippen LogP contribution is 2.50. The molecule has 1 unspecified atom stereocenters. The van der Waals surface area contributed by atoms with Gasteiger partial charge in [-0.1, -0.05) is 5.92 Å². The molecule has 0 spiro atoms. The van der Waals surface area contributed by atoms with Crippen LogP contribution in [-0.4, -0.2) is 59.3 Å². The summed E-state index contributed by atoms with van der Waals surface area (Å²) in [4.78, 5) is 47.1. The zero-order valence-electron chi connectivity index (χ0n) is 21.3. The van der Waals surface area contributed by atoms with E-state index in [1.54, 1.807) is 20.8 Å². The fourth-order valence-electron chi connectivity index (χ4n) is 4.40. The number of hydrogen-bond donors (Lipinski definition) is 3. The minimum Gasteiger partial charge on any atom is -0.450 e. The van der Waals surface area contributed by atoms with E-state index >= 15 is 0 Å². The summed E-state index contributed by atoms with van der Waals surface area (Å²) in [5.41, 5.74) is -5.64. The van der Waals surface area contributed by atoms with Gasteiger partial charge in [0.25, 0.3) is 0 Å². The van der Waals surface area contributed by atoms with Crippen LogP contribution in [0, 0.1) is 25.3 Å². The summed E-state index contributed by atoms with van der Waals surface area (Å²) in [6.07, 6.45) is -0.183. The van der Waals surface area contributed by atoms with Gasteiger partial charge in [0.1, 0.15) is 17.9 Å². The molecule has 3 N–H and O–H groups in total. The molecule has 0 aromatic carbocycles. The number of imidazole rings is 1. The molecule has 0 radical (unpaired) electrons. The summed E-state index contributed by atoms with van der Waals surface area (Å²) in [6, 6.07) is 0. The molecule has 1 aliphatic heterocycles. The fraction of sp³-hybridized carbons (Fsp3) is 0.478. The van der Waals surface area contributed by atoms with E-state index in [9.17, 15) is 29.0 Å². The lowest BCUT2D eigenvalue weighted by molar-refractivity contribution is -0.192. The van der Waals surface area contributed by atoms with Gasteiger partial charge >= 0.3 is 24.1 Å². The Hall–Kier alpha value is -4.49. The highest BCUT2D eigenvalue weighted by Gasteiger charge is 2.65. The molecule has 208 valence electrons. The number of ether oxygens (including phenoxy) is 3. The Morgan fingerprint density at radius 2 is 1.97 bits per heavy atom. The number of aromatic nitrogens is 4. The maximum Gasteiger partial charge on any atom is 0.519 e. The molecule has 16 heteroatoms. The van der Waals surface area contributed by atoms with E-state index in [2.05, 4.69) is 26.2 Å². The van der Waals surface area contributed by atoms with Crippen molar-refractivity contribution in [2.75, 3.05) is 5.32 Å². The second kappa shape index (κ2) is 9.36. The predicted molar refractivity (Wildman–Crippen MR) is 126 cm³/mol. The first-order valence-corrected chi connectivity index (χ1v) is 11.4. The van der Waals surface area contributed by atoms with Crippen LogP contribution in [0.1, 0.15) is 51.9 Å². The molecular formula is C23H24FN5O10. The number of nitrogens with zero attached hydrogens (tertiary/aromatic N) is 4. The number of terminal acetylenes is 1. The number of aryl methyl sites for hydroxylation is 1. The first kappa shape index (κ1) is 27.5. The lowest BCUT2D eigenvalue weighted by Gasteiger charge is -2.40. The van der Waals surface area contributed by atoms with Gasteiger partial charge in [-0.3, -0.25) is 9.88 Å². The van der Waals surface area contributed by atoms with Crippen LogP contribution >= 0.6 is 0 Å². The summed E-state index contributed by atoms with van der Waals surface area (Å²) in [5.74, 6) is 0.169. The Balaban J connectivity index is 1.77. The largest absolute Gasteiger partial charge is 0.519 e. The number of hydrogen-bond acceptors (Lipinski definition) is 12. The number of rotatable bonds is 5. The van der Waals surface area contributed by atoms with Crippen molar-refractivity contribution >= 4 is 29.2 Å². The Morgan fingerprint density at radius 1 is 1.28 bits per heavy atom. The third-order valence-electron chi connectivity index (χ3n) is 5.93. The zero-order chi connectivity index (χ0) is 28.9. The van der Waals surface area contributed by atoms with Gasteiger partial charge in [-0.15, -0.1) is 6.42 Å². The van der Waals surface area contributed by atoms with Crippen molar-refractivity contribution < 1.29 is 47.2 Å². The number of amides is 1. The Labute approximate surface area is 218 Å². The van der Waals surface area contributed by atoms with E-state index in [1.165, 1.54) is 17.8 Å². The minimum atomic E-state index is -2.29. The first-order chi connectivity index (χ1) is 18.1. The number of carbonyl (C=O) groups excluding carboxylic acids is 1. The smallest absolute Gasteiger partial charge is 0.450 e. The van der Waals surface area contributed by atoms with Gasteiger partial charge in [-0.2, -0.15) is 14.4 Å². The van der Waals surface area contributed by atoms with Crippen LogP contribution in [0.15, 0.2) is 20.0 Å². The molecule has 1 amide bonds. The summed E-state index contributed by atoms with van der Waals surface area (Å²) in [7, 11) is 0. The van der Waals surface area contributed by atoms with E-state index in [0.717, 1.165) is 6.92 Å². The van der Waals surface area contributed by atoms with E-state index in [-0.39, 0.29) is 29.2 Å². The Kier molecular flexibility index (Phi) is 6.61. The number of fused-ring (bicyclic) bond motifs is 1. The standard InChI is InChI=1S/C23H24FN5O10/c1-7-23(22(6,39-19(32)33)14-10(2)35-20(34)36-14)11(30)8-12(37-23)29-9-25-13-15(26-17(24)28-16(13)29)27-18(31)38-21(3,4)5/h1,9,11-12,30H,8H2,2-6H3,(H,32,33)(H,26,27,28,31)/t11-,12+,22?,23+/m0/s1. The molecule has 4 atom stereocenters. The second-order valence-electron chi connectivity index (χ2n) is 9.74. The third kappa shape index (κ3) is 4.77.